The van der Waals surface area contributed by atoms with Gasteiger partial charge in [0.1, 0.15) is 11.4 Å². The Balaban J connectivity index is 3.32. The summed E-state index contributed by atoms with van der Waals surface area (Å²) in [6, 6.07) is 6.09. The molecule has 0 aliphatic carbocycles. The van der Waals surface area contributed by atoms with Crippen molar-refractivity contribution >= 4 is 21.7 Å². The molecule has 0 aromatic heterocycles. The minimum absolute atomic E-state index is 0.00253. The van der Waals surface area contributed by atoms with E-state index >= 15 is 0 Å². The van der Waals surface area contributed by atoms with Crippen molar-refractivity contribution in [2.75, 3.05) is 25.0 Å². The van der Waals surface area contributed by atoms with E-state index in [-0.39, 0.29) is 23.7 Å². The number of aliphatic carboxylic acids is 1. The lowest BCUT2D eigenvalue weighted by Gasteiger charge is -2.22. The number of rotatable bonds is 6. The minimum Gasteiger partial charge on any atom is -0.480 e. The SMILES string of the molecule is C#CCN(CC(=O)O)c1ccccc1S(=O)(=O)NC. The van der Waals surface area contributed by atoms with Crippen molar-refractivity contribution in [3.05, 3.63) is 24.3 Å². The zero-order chi connectivity index (χ0) is 14.5. The van der Waals surface area contributed by atoms with Crippen molar-refractivity contribution in [2.45, 2.75) is 4.90 Å². The quantitative estimate of drug-likeness (QED) is 0.724. The van der Waals surface area contributed by atoms with Crippen molar-refractivity contribution in [2.24, 2.45) is 0 Å². The molecule has 7 heteroatoms. The van der Waals surface area contributed by atoms with E-state index in [9.17, 15) is 13.2 Å². The third-order valence-electron chi connectivity index (χ3n) is 2.37. The van der Waals surface area contributed by atoms with Crippen LogP contribution in [0, 0.1) is 12.3 Å². The van der Waals surface area contributed by atoms with E-state index in [2.05, 4.69) is 10.6 Å². The summed E-state index contributed by atoms with van der Waals surface area (Å²) < 4.78 is 26.0. The van der Waals surface area contributed by atoms with Gasteiger partial charge in [-0.05, 0) is 19.2 Å². The summed E-state index contributed by atoms with van der Waals surface area (Å²) in [5, 5.41) is 8.85. The predicted molar refractivity (Wildman–Crippen MR) is 71.4 cm³/mol. The van der Waals surface area contributed by atoms with Gasteiger partial charge >= 0.3 is 5.97 Å². The lowest BCUT2D eigenvalue weighted by Crippen LogP contribution is -2.32. The van der Waals surface area contributed by atoms with Gasteiger partial charge in [-0.3, -0.25) is 4.79 Å². The van der Waals surface area contributed by atoms with Gasteiger partial charge in [-0.1, -0.05) is 18.1 Å². The van der Waals surface area contributed by atoms with Crippen molar-refractivity contribution in [3.8, 4) is 12.3 Å². The zero-order valence-corrected chi connectivity index (χ0v) is 11.1. The number of anilines is 1. The molecule has 1 rings (SSSR count). The van der Waals surface area contributed by atoms with Crippen LogP contribution in [0.3, 0.4) is 0 Å². The standard InChI is InChI=1S/C12H14N2O4S/c1-3-8-14(9-12(15)16)10-6-4-5-7-11(10)19(17,18)13-2/h1,4-7,13H,8-9H2,2H3,(H,15,16). The molecule has 0 radical (unpaired) electrons. The Morgan fingerprint density at radius 2 is 2.11 bits per heavy atom. The van der Waals surface area contributed by atoms with Crippen LogP contribution in [-0.2, 0) is 14.8 Å². The summed E-state index contributed by atoms with van der Waals surface area (Å²) in [5.74, 6) is 1.22. The molecule has 0 bridgehead atoms. The first-order chi connectivity index (χ1) is 8.92. The molecular formula is C12H14N2O4S. The van der Waals surface area contributed by atoms with Crippen molar-refractivity contribution in [1.29, 1.82) is 0 Å². The molecule has 0 unspecified atom stereocenters. The summed E-state index contributed by atoms with van der Waals surface area (Å²) in [7, 11) is -2.39. The number of benzene rings is 1. The number of hydrogen-bond donors (Lipinski definition) is 2. The lowest BCUT2D eigenvalue weighted by molar-refractivity contribution is -0.135. The van der Waals surface area contributed by atoms with Crippen LogP contribution in [0.1, 0.15) is 0 Å². The Morgan fingerprint density at radius 3 is 2.63 bits per heavy atom. The second kappa shape index (κ2) is 6.22. The van der Waals surface area contributed by atoms with E-state index in [1.165, 1.54) is 24.1 Å². The molecule has 2 N–H and O–H groups in total. The molecule has 0 atom stereocenters. The van der Waals surface area contributed by atoms with Crippen molar-refractivity contribution in [1.82, 2.24) is 4.72 Å². The van der Waals surface area contributed by atoms with Gasteiger partial charge in [0.2, 0.25) is 10.0 Å². The summed E-state index contributed by atoms with van der Waals surface area (Å²) in [5.41, 5.74) is 0.261. The number of nitrogens with zero attached hydrogens (tertiary/aromatic N) is 1. The van der Waals surface area contributed by atoms with Crippen molar-refractivity contribution in [3.63, 3.8) is 0 Å². The van der Waals surface area contributed by atoms with Crippen LogP contribution >= 0.6 is 0 Å². The monoisotopic (exact) mass is 282 g/mol. The smallest absolute Gasteiger partial charge is 0.323 e. The summed E-state index contributed by atoms with van der Waals surface area (Å²) in [6.45, 7) is -0.372. The van der Waals surface area contributed by atoms with Gasteiger partial charge in [0.15, 0.2) is 0 Å². The normalized spacial score (nSPS) is 10.7. The number of para-hydroxylation sites is 1. The Labute approximate surface area is 112 Å². The summed E-state index contributed by atoms with van der Waals surface area (Å²) in [6.07, 6.45) is 5.18. The molecule has 0 saturated heterocycles. The van der Waals surface area contributed by atoms with Gasteiger partial charge in [0.25, 0.3) is 0 Å². The van der Waals surface area contributed by atoms with E-state index in [1.807, 2.05) is 0 Å². The molecule has 102 valence electrons. The lowest BCUT2D eigenvalue weighted by atomic mass is 10.3. The van der Waals surface area contributed by atoms with Crippen LogP contribution in [0.5, 0.6) is 0 Å². The maximum atomic E-state index is 11.9. The Morgan fingerprint density at radius 1 is 1.47 bits per heavy atom. The Bertz CT molecular complexity index is 604. The third-order valence-corrected chi connectivity index (χ3v) is 3.83. The number of hydrogen-bond acceptors (Lipinski definition) is 4. The summed E-state index contributed by atoms with van der Waals surface area (Å²) >= 11 is 0. The topological polar surface area (TPSA) is 86.7 Å². The molecule has 0 aliphatic rings. The van der Waals surface area contributed by atoms with E-state index in [1.54, 1.807) is 12.1 Å². The number of carboxylic acid groups (broad SMARTS) is 1. The maximum Gasteiger partial charge on any atom is 0.323 e. The van der Waals surface area contributed by atoms with Crippen LogP contribution < -0.4 is 9.62 Å². The molecule has 0 spiro atoms. The highest BCUT2D eigenvalue weighted by Crippen LogP contribution is 2.24. The predicted octanol–water partition coefficient (Wildman–Crippen LogP) is 0.119. The second-order valence-electron chi connectivity index (χ2n) is 3.63. The first-order valence-corrected chi connectivity index (χ1v) is 6.83. The highest BCUT2D eigenvalue weighted by Gasteiger charge is 2.20. The van der Waals surface area contributed by atoms with Gasteiger partial charge in [0.05, 0.1) is 12.2 Å². The molecule has 1 aromatic carbocycles. The molecule has 0 fully saturated rings. The van der Waals surface area contributed by atoms with E-state index in [0.717, 1.165) is 0 Å². The van der Waals surface area contributed by atoms with Crippen LogP contribution in [0.4, 0.5) is 5.69 Å². The highest BCUT2D eigenvalue weighted by atomic mass is 32.2. The molecule has 0 aliphatic heterocycles. The average molecular weight is 282 g/mol. The first-order valence-electron chi connectivity index (χ1n) is 5.35. The minimum atomic E-state index is -3.68. The number of terminal acetylenes is 1. The molecule has 19 heavy (non-hydrogen) atoms. The van der Waals surface area contributed by atoms with Gasteiger partial charge in [0, 0.05) is 0 Å². The van der Waals surface area contributed by atoms with Crippen molar-refractivity contribution < 1.29 is 18.3 Å². The molecule has 1 aromatic rings. The fourth-order valence-corrected chi connectivity index (χ4v) is 2.51. The Kier molecular flexibility index (Phi) is 4.92. The average Bonchev–Trinajstić information content (AvgIpc) is 2.38. The highest BCUT2D eigenvalue weighted by molar-refractivity contribution is 7.89. The van der Waals surface area contributed by atoms with Crippen LogP contribution in [0.15, 0.2) is 29.2 Å². The van der Waals surface area contributed by atoms with Crippen LogP contribution in [0.2, 0.25) is 0 Å². The van der Waals surface area contributed by atoms with Gasteiger partial charge in [-0.25, -0.2) is 13.1 Å². The Hall–Kier alpha value is -2.04. The van der Waals surface area contributed by atoms with E-state index in [4.69, 9.17) is 11.5 Å². The van der Waals surface area contributed by atoms with Gasteiger partial charge < -0.3 is 10.0 Å². The molecule has 0 amide bonds. The maximum absolute atomic E-state index is 11.9. The van der Waals surface area contributed by atoms with Gasteiger partial charge in [-0.2, -0.15) is 0 Å². The van der Waals surface area contributed by atoms with E-state index < -0.39 is 16.0 Å². The fourth-order valence-electron chi connectivity index (χ4n) is 1.56. The molecule has 6 nitrogen and oxygen atoms in total. The number of sulfonamides is 1. The van der Waals surface area contributed by atoms with E-state index in [0.29, 0.717) is 0 Å². The second-order valence-corrected chi connectivity index (χ2v) is 5.48. The molecular weight excluding hydrogens is 268 g/mol. The first kappa shape index (κ1) is 15.0. The fraction of sp³-hybridized carbons (Fsp3) is 0.250. The molecule has 0 saturated carbocycles. The van der Waals surface area contributed by atoms with Crippen LogP contribution in [0.25, 0.3) is 0 Å². The zero-order valence-electron chi connectivity index (χ0n) is 10.3. The molecule has 0 heterocycles. The third kappa shape index (κ3) is 3.71. The van der Waals surface area contributed by atoms with Gasteiger partial charge in [-0.15, -0.1) is 6.42 Å². The number of nitrogens with one attached hydrogen (secondary N) is 1. The summed E-state index contributed by atoms with van der Waals surface area (Å²) in [4.78, 5) is 12.1. The largest absolute Gasteiger partial charge is 0.480 e. The van der Waals surface area contributed by atoms with Crippen LogP contribution in [-0.4, -0.2) is 39.6 Å². The number of carboxylic acids is 1. The number of carbonyl (C=O) groups is 1.